The van der Waals surface area contributed by atoms with Crippen molar-refractivity contribution in [2.24, 2.45) is 11.5 Å². The molecule has 1 aromatic carbocycles. The minimum absolute atomic E-state index is 0.00747. The van der Waals surface area contributed by atoms with Gasteiger partial charge in [-0.05, 0) is 24.8 Å². The van der Waals surface area contributed by atoms with Gasteiger partial charge < -0.3 is 26.4 Å². The number of ether oxygens (including phenoxy) is 1. The van der Waals surface area contributed by atoms with Gasteiger partial charge >= 0.3 is 17.9 Å². The molecule has 2 atom stereocenters. The third-order valence-corrected chi connectivity index (χ3v) is 3.36. The Labute approximate surface area is 133 Å². The largest absolute Gasteiger partial charge is 0.480 e. The van der Waals surface area contributed by atoms with E-state index in [2.05, 4.69) is 0 Å². The Bertz CT molecular complexity index is 562. The van der Waals surface area contributed by atoms with Gasteiger partial charge in [-0.25, -0.2) is 9.59 Å². The highest BCUT2D eigenvalue weighted by atomic mass is 16.5. The highest BCUT2D eigenvalue weighted by Crippen LogP contribution is 2.16. The summed E-state index contributed by atoms with van der Waals surface area (Å²) in [7, 11) is 0. The van der Waals surface area contributed by atoms with Crippen molar-refractivity contribution < 1.29 is 29.3 Å². The lowest BCUT2D eigenvalue weighted by molar-refractivity contribution is -0.162. The number of hydrogen-bond donors (Lipinski definition) is 4. The summed E-state index contributed by atoms with van der Waals surface area (Å²) in [6.45, 7) is -0.0967. The van der Waals surface area contributed by atoms with Crippen LogP contribution in [-0.2, 0) is 25.7 Å². The second-order valence-corrected chi connectivity index (χ2v) is 5.18. The minimum Gasteiger partial charge on any atom is -0.480 e. The molecular formula is C15H20N2O6. The molecule has 2 unspecified atom stereocenters. The molecule has 0 bridgehead atoms. The molecule has 0 amide bonds. The molecule has 126 valence electrons. The fourth-order valence-corrected chi connectivity index (χ4v) is 1.87. The zero-order chi connectivity index (χ0) is 17.5. The van der Waals surface area contributed by atoms with Gasteiger partial charge in [0.1, 0.15) is 12.6 Å². The van der Waals surface area contributed by atoms with Gasteiger partial charge in [0, 0.05) is 0 Å². The highest BCUT2D eigenvalue weighted by molar-refractivity contribution is 6.03. The summed E-state index contributed by atoms with van der Waals surface area (Å²) in [5.41, 5.74) is 9.44. The molecule has 0 saturated heterocycles. The van der Waals surface area contributed by atoms with Crippen molar-refractivity contribution in [3.05, 3.63) is 35.9 Å². The number of benzene rings is 1. The van der Waals surface area contributed by atoms with Crippen LogP contribution in [0.3, 0.4) is 0 Å². The number of rotatable bonds is 9. The molecule has 0 aliphatic rings. The number of carboxylic acids is 2. The second kappa shape index (κ2) is 8.25. The lowest BCUT2D eigenvalue weighted by Crippen LogP contribution is -2.55. The predicted molar refractivity (Wildman–Crippen MR) is 80.3 cm³/mol. The van der Waals surface area contributed by atoms with E-state index in [1.54, 1.807) is 30.3 Å². The predicted octanol–water partition coefficient (Wildman–Crippen LogP) is 0.0941. The van der Waals surface area contributed by atoms with E-state index in [0.29, 0.717) is 5.56 Å². The zero-order valence-corrected chi connectivity index (χ0v) is 12.5. The second-order valence-electron chi connectivity index (χ2n) is 5.18. The molecule has 1 rings (SSSR count). The summed E-state index contributed by atoms with van der Waals surface area (Å²) in [5.74, 6) is -3.80. The normalized spacial score (nSPS) is 14.5. The van der Waals surface area contributed by atoms with Gasteiger partial charge in [0.05, 0.1) is 0 Å². The molecule has 8 nitrogen and oxygen atoms in total. The first-order valence-electron chi connectivity index (χ1n) is 6.99. The smallest absolute Gasteiger partial charge is 0.338 e. The van der Waals surface area contributed by atoms with Gasteiger partial charge in [0.15, 0.2) is 0 Å². The van der Waals surface area contributed by atoms with Crippen LogP contribution in [0.5, 0.6) is 0 Å². The number of hydrogen-bond acceptors (Lipinski definition) is 6. The molecule has 0 spiro atoms. The van der Waals surface area contributed by atoms with Gasteiger partial charge in [0.25, 0.3) is 0 Å². The van der Waals surface area contributed by atoms with E-state index in [9.17, 15) is 19.5 Å². The zero-order valence-electron chi connectivity index (χ0n) is 12.5. The van der Waals surface area contributed by atoms with E-state index in [1.165, 1.54) is 0 Å². The maximum Gasteiger partial charge on any atom is 0.338 e. The number of aliphatic carboxylic acids is 2. The van der Waals surface area contributed by atoms with Gasteiger partial charge in [0.2, 0.25) is 5.54 Å². The van der Waals surface area contributed by atoms with Crippen molar-refractivity contribution >= 4 is 17.9 Å². The van der Waals surface area contributed by atoms with Crippen LogP contribution in [0.25, 0.3) is 0 Å². The van der Waals surface area contributed by atoms with Crippen LogP contribution in [0, 0.1) is 0 Å². The van der Waals surface area contributed by atoms with Crippen LogP contribution in [0.15, 0.2) is 30.3 Å². The molecule has 0 heterocycles. The van der Waals surface area contributed by atoms with Gasteiger partial charge in [-0.1, -0.05) is 30.3 Å². The average molecular weight is 324 g/mol. The first kappa shape index (κ1) is 18.6. The standard InChI is InChI=1S/C15H20N2O6/c16-11(12(18)19)7-4-8-15(17,13(20)21)14(22)23-9-10-5-2-1-3-6-10/h1-3,5-6,11H,4,7-9,16-17H2,(H,18,19)(H,20,21). The number of esters is 1. The Morgan fingerprint density at radius 3 is 2.30 bits per heavy atom. The number of carbonyl (C=O) groups is 3. The van der Waals surface area contributed by atoms with Gasteiger partial charge in [-0.15, -0.1) is 0 Å². The van der Waals surface area contributed by atoms with Crippen molar-refractivity contribution in [1.29, 1.82) is 0 Å². The molecule has 6 N–H and O–H groups in total. The van der Waals surface area contributed by atoms with Crippen LogP contribution in [0.2, 0.25) is 0 Å². The van der Waals surface area contributed by atoms with E-state index in [4.69, 9.17) is 21.3 Å². The molecule has 0 aliphatic carbocycles. The maximum absolute atomic E-state index is 12.0. The van der Waals surface area contributed by atoms with E-state index in [0.717, 1.165) is 0 Å². The molecular weight excluding hydrogens is 304 g/mol. The monoisotopic (exact) mass is 324 g/mol. The molecule has 0 aliphatic heterocycles. The molecule has 23 heavy (non-hydrogen) atoms. The van der Waals surface area contributed by atoms with Crippen LogP contribution >= 0.6 is 0 Å². The van der Waals surface area contributed by atoms with Gasteiger partial charge in [-0.3, -0.25) is 4.79 Å². The summed E-state index contributed by atoms with van der Waals surface area (Å²) >= 11 is 0. The van der Waals surface area contributed by atoms with Crippen molar-refractivity contribution in [1.82, 2.24) is 0 Å². The molecule has 0 aromatic heterocycles. The van der Waals surface area contributed by atoms with Gasteiger partial charge in [-0.2, -0.15) is 0 Å². The van der Waals surface area contributed by atoms with E-state index < -0.39 is 29.5 Å². The van der Waals surface area contributed by atoms with Crippen molar-refractivity contribution in [2.45, 2.75) is 37.5 Å². The molecule has 8 heteroatoms. The SMILES string of the molecule is NC(CCCC(N)(C(=O)O)C(=O)OCc1ccccc1)C(=O)O. The quantitative estimate of drug-likeness (QED) is 0.368. The summed E-state index contributed by atoms with van der Waals surface area (Å²) in [4.78, 5) is 33.9. The van der Waals surface area contributed by atoms with Crippen molar-refractivity contribution in [3.63, 3.8) is 0 Å². The third-order valence-electron chi connectivity index (χ3n) is 3.36. The summed E-state index contributed by atoms with van der Waals surface area (Å²) in [6, 6.07) is 7.61. The van der Waals surface area contributed by atoms with Crippen LogP contribution in [0.4, 0.5) is 0 Å². The topological polar surface area (TPSA) is 153 Å². The molecule has 1 aromatic rings. The Balaban J connectivity index is 2.62. The van der Waals surface area contributed by atoms with Crippen LogP contribution in [-0.4, -0.2) is 39.7 Å². The Morgan fingerprint density at radius 2 is 1.78 bits per heavy atom. The Morgan fingerprint density at radius 1 is 1.17 bits per heavy atom. The van der Waals surface area contributed by atoms with E-state index in [-0.39, 0.29) is 25.9 Å². The molecule has 0 saturated carbocycles. The van der Waals surface area contributed by atoms with Crippen LogP contribution < -0.4 is 11.5 Å². The average Bonchev–Trinajstić information content (AvgIpc) is 2.52. The first-order chi connectivity index (χ1) is 10.8. The molecule has 0 fully saturated rings. The minimum atomic E-state index is -2.23. The lowest BCUT2D eigenvalue weighted by atomic mass is 9.92. The Hall–Kier alpha value is -2.45. The fraction of sp³-hybridized carbons (Fsp3) is 0.400. The molecule has 0 radical (unpaired) electrons. The van der Waals surface area contributed by atoms with E-state index >= 15 is 0 Å². The maximum atomic E-state index is 12.0. The van der Waals surface area contributed by atoms with E-state index in [1.807, 2.05) is 0 Å². The van der Waals surface area contributed by atoms with Crippen molar-refractivity contribution in [3.8, 4) is 0 Å². The first-order valence-corrected chi connectivity index (χ1v) is 6.99. The summed E-state index contributed by atoms with van der Waals surface area (Å²) < 4.78 is 4.97. The number of nitrogens with two attached hydrogens (primary N) is 2. The highest BCUT2D eigenvalue weighted by Gasteiger charge is 2.43. The summed E-state index contributed by atoms with van der Waals surface area (Å²) in [5, 5.41) is 17.9. The van der Waals surface area contributed by atoms with Crippen molar-refractivity contribution in [2.75, 3.05) is 0 Å². The lowest BCUT2D eigenvalue weighted by Gasteiger charge is -2.23. The van der Waals surface area contributed by atoms with Crippen LogP contribution in [0.1, 0.15) is 24.8 Å². The fourth-order valence-electron chi connectivity index (χ4n) is 1.87. The third kappa shape index (κ3) is 5.35. The Kier molecular flexibility index (Phi) is 6.67. The summed E-state index contributed by atoms with van der Waals surface area (Å²) in [6.07, 6.45) is -0.193. The number of carbonyl (C=O) groups excluding carboxylic acids is 1. The number of carboxylic acid groups (broad SMARTS) is 2.